The largest absolute Gasteiger partial charge is 0.478 e. The molecule has 1 aromatic carbocycles. The zero-order valence-corrected chi connectivity index (χ0v) is 33.5. The number of aliphatic carboxylic acids is 1. The number of carboxylic acid groups (broad SMARTS) is 1. The number of nitrogens with two attached hydrogens (primary N) is 1. The molecule has 9 N–H and O–H groups in total. The number of benzene rings is 1. The molecule has 1 aromatic rings. The molecule has 56 heavy (non-hydrogen) atoms. The Balaban J connectivity index is 0.00000169. The Kier molecular flexibility index (Phi) is 24.1. The number of ether oxygens (including phenoxy) is 1. The number of esters is 1. The summed E-state index contributed by atoms with van der Waals surface area (Å²) in [4.78, 5) is 106. The molecule has 2 atom stereocenters. The first-order valence-electron chi connectivity index (χ1n) is 18.4. The van der Waals surface area contributed by atoms with Crippen LogP contribution in [0.2, 0.25) is 0 Å². The van der Waals surface area contributed by atoms with E-state index >= 15 is 0 Å². The van der Waals surface area contributed by atoms with Crippen molar-refractivity contribution < 1.29 is 53.0 Å². The molecule has 0 aromatic heterocycles. The van der Waals surface area contributed by atoms with E-state index in [2.05, 4.69) is 31.9 Å². The Labute approximate surface area is 327 Å². The lowest BCUT2D eigenvalue weighted by Gasteiger charge is -2.25. The number of nitrogens with one attached hydrogen (secondary N) is 6. The van der Waals surface area contributed by atoms with E-state index in [9.17, 15) is 43.2 Å². The second-order valence-electron chi connectivity index (χ2n) is 13.6. The van der Waals surface area contributed by atoms with Gasteiger partial charge in [-0.05, 0) is 49.5 Å². The summed E-state index contributed by atoms with van der Waals surface area (Å²) in [6.45, 7) is 12.8. The summed E-state index contributed by atoms with van der Waals surface area (Å²) in [5.74, 6) is -4.89. The number of amides is 7. The molecule has 7 amide bonds. The Bertz CT molecular complexity index is 1540. The summed E-state index contributed by atoms with van der Waals surface area (Å²) in [5.41, 5.74) is 6.12. The molecule has 0 saturated carbocycles. The smallest absolute Gasteiger partial charge is 0.332 e. The van der Waals surface area contributed by atoms with Crippen molar-refractivity contribution in [3.63, 3.8) is 0 Å². The topological polar surface area (TPSA) is 281 Å². The first kappa shape index (κ1) is 50.2. The Morgan fingerprint density at radius 1 is 0.804 bits per heavy atom. The van der Waals surface area contributed by atoms with E-state index in [1.165, 1.54) is 7.05 Å². The number of hydrogen-bond donors (Lipinski definition) is 8. The SMILES string of the molecule is CCNC(=O)CCC(=O)N[C@H](C(=O)N[C@@H](CCCNC(N)=O)C(=O)Nc1ccc(COC(=O)C(C)C)cc1)C(C)C.CNC(=O)C/C(=C/C(=O)C(C)C)C(=O)O. The van der Waals surface area contributed by atoms with Crippen LogP contribution in [0.4, 0.5) is 10.5 Å². The fourth-order valence-corrected chi connectivity index (χ4v) is 4.36. The fraction of sp³-hybridized carbons (Fsp3) is 0.553. The molecule has 0 heterocycles. The highest BCUT2D eigenvalue weighted by atomic mass is 16.5. The van der Waals surface area contributed by atoms with Crippen LogP contribution < -0.4 is 37.6 Å². The quantitative estimate of drug-likeness (QED) is 0.0475. The second-order valence-corrected chi connectivity index (χ2v) is 13.6. The highest BCUT2D eigenvalue weighted by Gasteiger charge is 2.29. The Hall–Kier alpha value is -5.81. The number of anilines is 1. The molecule has 0 spiro atoms. The predicted octanol–water partition coefficient (Wildman–Crippen LogP) is 1.67. The zero-order chi connectivity index (χ0) is 43.0. The van der Waals surface area contributed by atoms with E-state index in [1.807, 2.05) is 0 Å². The molecular formula is C38H59N7O11. The molecule has 312 valence electrons. The summed E-state index contributed by atoms with van der Waals surface area (Å²) in [7, 11) is 1.41. The van der Waals surface area contributed by atoms with Crippen molar-refractivity contribution in [3.05, 3.63) is 41.5 Å². The van der Waals surface area contributed by atoms with Gasteiger partial charge in [0.2, 0.25) is 29.5 Å². The standard InChI is InChI=1S/C28H44N6O7.C10H15NO4/c1-6-30-22(35)13-14-23(36)34-24(17(2)3)26(38)33-21(8-7-15-31-28(29)40)25(37)32-20-11-9-19(10-12-20)16-41-27(39)18(4)5;1-6(2)8(12)4-7(10(14)15)5-9(13)11-3/h9-12,17-18,21,24H,6-8,13-16H2,1-5H3,(H,30,35)(H,32,37)(H,33,38)(H,34,36)(H3,29,31,40);4,6H,5H2,1-3H3,(H,11,13)(H,14,15)/b;7-4-/t21-,24-;/m0./s1. The van der Waals surface area contributed by atoms with Crippen LogP contribution >= 0.6 is 0 Å². The summed E-state index contributed by atoms with van der Waals surface area (Å²) in [6.07, 6.45) is 1.15. The van der Waals surface area contributed by atoms with Crippen molar-refractivity contribution >= 4 is 59.0 Å². The van der Waals surface area contributed by atoms with Crippen LogP contribution in [0.1, 0.15) is 86.1 Å². The molecule has 0 bridgehead atoms. The number of primary amides is 1. The zero-order valence-electron chi connectivity index (χ0n) is 33.5. The van der Waals surface area contributed by atoms with Crippen molar-refractivity contribution in [3.8, 4) is 0 Å². The van der Waals surface area contributed by atoms with Crippen molar-refractivity contribution in [1.29, 1.82) is 0 Å². The van der Waals surface area contributed by atoms with E-state index in [1.54, 1.807) is 72.7 Å². The lowest BCUT2D eigenvalue weighted by molar-refractivity contribution is -0.148. The summed E-state index contributed by atoms with van der Waals surface area (Å²) in [6, 6.07) is 4.08. The van der Waals surface area contributed by atoms with Gasteiger partial charge in [0.15, 0.2) is 5.78 Å². The molecular weight excluding hydrogens is 730 g/mol. The molecule has 0 fully saturated rings. The maximum absolute atomic E-state index is 13.2. The van der Waals surface area contributed by atoms with Gasteiger partial charge in [0.05, 0.1) is 12.3 Å². The lowest BCUT2D eigenvalue weighted by atomic mass is 10.0. The van der Waals surface area contributed by atoms with Crippen molar-refractivity contribution in [2.75, 3.05) is 25.5 Å². The van der Waals surface area contributed by atoms with Gasteiger partial charge in [-0.1, -0.05) is 53.7 Å². The highest BCUT2D eigenvalue weighted by molar-refractivity contribution is 6.02. The molecule has 0 aliphatic carbocycles. The van der Waals surface area contributed by atoms with Gasteiger partial charge < -0.3 is 47.5 Å². The van der Waals surface area contributed by atoms with Gasteiger partial charge in [0, 0.05) is 50.2 Å². The predicted molar refractivity (Wildman–Crippen MR) is 207 cm³/mol. The minimum atomic E-state index is -1.24. The molecule has 0 saturated heterocycles. The average Bonchev–Trinajstić information content (AvgIpc) is 3.13. The van der Waals surface area contributed by atoms with Crippen molar-refractivity contribution in [2.24, 2.45) is 23.5 Å². The molecule has 0 radical (unpaired) electrons. The van der Waals surface area contributed by atoms with E-state index in [-0.39, 0.29) is 79.8 Å². The molecule has 18 heteroatoms. The van der Waals surface area contributed by atoms with Crippen LogP contribution in [-0.4, -0.2) is 90.6 Å². The van der Waals surface area contributed by atoms with Gasteiger partial charge in [-0.15, -0.1) is 0 Å². The van der Waals surface area contributed by atoms with E-state index < -0.39 is 47.7 Å². The fourth-order valence-electron chi connectivity index (χ4n) is 4.36. The van der Waals surface area contributed by atoms with Crippen molar-refractivity contribution in [1.82, 2.24) is 26.6 Å². The van der Waals surface area contributed by atoms with Gasteiger partial charge in [0.25, 0.3) is 0 Å². The number of carbonyl (C=O) groups excluding carboxylic acids is 8. The summed E-state index contributed by atoms with van der Waals surface area (Å²) >= 11 is 0. The number of urea groups is 1. The number of ketones is 1. The number of carbonyl (C=O) groups is 9. The van der Waals surface area contributed by atoms with Gasteiger partial charge in [-0.3, -0.25) is 33.6 Å². The Morgan fingerprint density at radius 3 is 1.91 bits per heavy atom. The van der Waals surface area contributed by atoms with Crippen LogP contribution in [0.15, 0.2) is 35.9 Å². The van der Waals surface area contributed by atoms with Crippen LogP contribution in [0, 0.1) is 17.8 Å². The van der Waals surface area contributed by atoms with Crippen molar-refractivity contribution in [2.45, 2.75) is 99.3 Å². The number of carboxylic acids is 1. The first-order valence-corrected chi connectivity index (χ1v) is 18.4. The summed E-state index contributed by atoms with van der Waals surface area (Å²) < 4.78 is 5.21. The molecule has 0 unspecified atom stereocenters. The van der Waals surface area contributed by atoms with Crippen LogP contribution in [-0.2, 0) is 49.7 Å². The molecule has 0 aliphatic rings. The normalized spacial score (nSPS) is 11.9. The third-order valence-electron chi connectivity index (χ3n) is 7.68. The van der Waals surface area contributed by atoms with Gasteiger partial charge in [-0.25, -0.2) is 9.59 Å². The van der Waals surface area contributed by atoms with Gasteiger partial charge >= 0.3 is 18.0 Å². The van der Waals surface area contributed by atoms with Crippen LogP contribution in [0.5, 0.6) is 0 Å². The monoisotopic (exact) mass is 789 g/mol. The minimum absolute atomic E-state index is 0.0110. The first-order chi connectivity index (χ1) is 26.2. The van der Waals surface area contributed by atoms with E-state index in [0.29, 0.717) is 18.7 Å². The third-order valence-corrected chi connectivity index (χ3v) is 7.68. The molecule has 18 nitrogen and oxygen atoms in total. The minimum Gasteiger partial charge on any atom is -0.478 e. The highest BCUT2D eigenvalue weighted by Crippen LogP contribution is 2.14. The number of hydrogen-bond acceptors (Lipinski definition) is 10. The molecule has 0 aliphatic heterocycles. The maximum atomic E-state index is 13.2. The van der Waals surface area contributed by atoms with Crippen LogP contribution in [0.25, 0.3) is 0 Å². The average molecular weight is 790 g/mol. The summed E-state index contributed by atoms with van der Waals surface area (Å²) in [5, 5.41) is 24.2. The third kappa shape index (κ3) is 21.8. The maximum Gasteiger partial charge on any atom is 0.332 e. The Morgan fingerprint density at radius 2 is 1.41 bits per heavy atom. The van der Waals surface area contributed by atoms with E-state index in [0.717, 1.165) is 11.6 Å². The van der Waals surface area contributed by atoms with Crippen LogP contribution in [0.3, 0.4) is 0 Å². The number of rotatable bonds is 22. The molecule has 1 rings (SSSR count). The van der Waals surface area contributed by atoms with E-state index in [4.69, 9.17) is 15.6 Å². The van der Waals surface area contributed by atoms with Gasteiger partial charge in [0.1, 0.15) is 18.7 Å². The number of allylic oxidation sites excluding steroid dienone is 1. The van der Waals surface area contributed by atoms with Gasteiger partial charge in [-0.2, -0.15) is 0 Å². The lowest BCUT2D eigenvalue weighted by Crippen LogP contribution is -2.54. The second kappa shape index (κ2) is 26.9.